The standard InChI is InChI=1S/C19H22ClN3O4S/c1-14(15-3-2-4-18(13-15)23(24)25)22-11-9-17(10-12-22)21-28(26,27)19-7-5-16(20)6-8-19/h2-8,13-14,17,21H,9-12H2,1H3. The van der Waals surface area contributed by atoms with Gasteiger partial charge in [0, 0.05) is 42.3 Å². The van der Waals surface area contributed by atoms with Gasteiger partial charge in [0.1, 0.15) is 0 Å². The summed E-state index contributed by atoms with van der Waals surface area (Å²) in [6, 6.07) is 12.6. The van der Waals surface area contributed by atoms with Crippen molar-refractivity contribution >= 4 is 27.3 Å². The fourth-order valence-corrected chi connectivity index (χ4v) is 4.85. The van der Waals surface area contributed by atoms with Crippen molar-refractivity contribution in [1.82, 2.24) is 9.62 Å². The molecule has 1 heterocycles. The van der Waals surface area contributed by atoms with E-state index >= 15 is 0 Å². The van der Waals surface area contributed by atoms with Gasteiger partial charge in [-0.05, 0) is 49.6 Å². The Labute approximate surface area is 169 Å². The number of nitrogens with zero attached hydrogens (tertiary/aromatic N) is 2. The largest absolute Gasteiger partial charge is 0.296 e. The maximum atomic E-state index is 12.5. The van der Waals surface area contributed by atoms with E-state index in [9.17, 15) is 18.5 Å². The van der Waals surface area contributed by atoms with Gasteiger partial charge in [-0.25, -0.2) is 13.1 Å². The lowest BCUT2D eigenvalue weighted by Gasteiger charge is -2.36. The number of piperidine rings is 1. The molecule has 0 amide bonds. The summed E-state index contributed by atoms with van der Waals surface area (Å²) in [5, 5.41) is 11.5. The molecule has 2 aromatic carbocycles. The van der Waals surface area contributed by atoms with E-state index < -0.39 is 14.9 Å². The number of nitro benzene ring substituents is 1. The van der Waals surface area contributed by atoms with E-state index in [1.807, 2.05) is 13.0 Å². The minimum atomic E-state index is -3.58. The van der Waals surface area contributed by atoms with Crippen molar-refractivity contribution in [2.75, 3.05) is 13.1 Å². The van der Waals surface area contributed by atoms with Crippen LogP contribution in [0.5, 0.6) is 0 Å². The predicted molar refractivity (Wildman–Crippen MR) is 108 cm³/mol. The molecule has 1 fully saturated rings. The highest BCUT2D eigenvalue weighted by molar-refractivity contribution is 7.89. The lowest BCUT2D eigenvalue weighted by Crippen LogP contribution is -2.45. The SMILES string of the molecule is CC(c1cccc([N+](=O)[O-])c1)N1CCC(NS(=O)(=O)c2ccc(Cl)cc2)CC1. The molecule has 0 saturated carbocycles. The summed E-state index contributed by atoms with van der Waals surface area (Å²) in [6.45, 7) is 3.42. The zero-order valence-electron chi connectivity index (χ0n) is 15.4. The summed E-state index contributed by atoms with van der Waals surface area (Å²) >= 11 is 5.82. The van der Waals surface area contributed by atoms with Crippen LogP contribution in [0.1, 0.15) is 31.4 Å². The minimum absolute atomic E-state index is 0.0220. The van der Waals surface area contributed by atoms with Crippen LogP contribution < -0.4 is 4.72 Å². The van der Waals surface area contributed by atoms with E-state index in [0.29, 0.717) is 31.0 Å². The molecule has 1 aliphatic heterocycles. The van der Waals surface area contributed by atoms with Crippen molar-refractivity contribution in [3.05, 3.63) is 69.2 Å². The zero-order chi connectivity index (χ0) is 20.3. The van der Waals surface area contributed by atoms with Crippen molar-refractivity contribution in [2.24, 2.45) is 0 Å². The van der Waals surface area contributed by atoms with Gasteiger partial charge in [0.15, 0.2) is 0 Å². The van der Waals surface area contributed by atoms with Crippen molar-refractivity contribution < 1.29 is 13.3 Å². The Bertz CT molecular complexity index is 942. The Morgan fingerprint density at radius 3 is 2.43 bits per heavy atom. The highest BCUT2D eigenvalue weighted by Gasteiger charge is 2.27. The van der Waals surface area contributed by atoms with Crippen molar-refractivity contribution in [2.45, 2.75) is 36.7 Å². The van der Waals surface area contributed by atoms with Crippen molar-refractivity contribution in [3.63, 3.8) is 0 Å². The van der Waals surface area contributed by atoms with Gasteiger partial charge in [-0.2, -0.15) is 0 Å². The van der Waals surface area contributed by atoms with Crippen LogP contribution in [0, 0.1) is 10.1 Å². The zero-order valence-corrected chi connectivity index (χ0v) is 17.0. The van der Waals surface area contributed by atoms with Gasteiger partial charge in [-0.15, -0.1) is 0 Å². The molecule has 28 heavy (non-hydrogen) atoms. The molecule has 150 valence electrons. The van der Waals surface area contributed by atoms with Crippen molar-refractivity contribution in [3.8, 4) is 0 Å². The third-order valence-corrected chi connectivity index (χ3v) is 6.87. The fraction of sp³-hybridized carbons (Fsp3) is 0.368. The van der Waals surface area contributed by atoms with Crippen LogP contribution in [0.25, 0.3) is 0 Å². The van der Waals surface area contributed by atoms with Gasteiger partial charge < -0.3 is 0 Å². The normalized spacial score (nSPS) is 17.4. The van der Waals surface area contributed by atoms with Crippen LogP contribution in [0.3, 0.4) is 0 Å². The molecule has 0 aromatic heterocycles. The molecule has 1 N–H and O–H groups in total. The average molecular weight is 424 g/mol. The second-order valence-corrected chi connectivity index (χ2v) is 9.06. The molecule has 0 aliphatic carbocycles. The highest BCUT2D eigenvalue weighted by atomic mass is 35.5. The van der Waals surface area contributed by atoms with Gasteiger partial charge in [0.05, 0.1) is 9.82 Å². The molecular weight excluding hydrogens is 402 g/mol. The number of non-ortho nitro benzene ring substituents is 1. The Morgan fingerprint density at radius 1 is 1.18 bits per heavy atom. The predicted octanol–water partition coefficient (Wildman–Crippen LogP) is 3.75. The second-order valence-electron chi connectivity index (χ2n) is 6.91. The molecule has 1 atom stereocenters. The van der Waals surface area contributed by atoms with Crippen LogP contribution >= 0.6 is 11.6 Å². The Morgan fingerprint density at radius 2 is 1.82 bits per heavy atom. The first kappa shape index (κ1) is 20.7. The second kappa shape index (κ2) is 8.57. The maximum absolute atomic E-state index is 12.5. The quantitative estimate of drug-likeness (QED) is 0.564. The smallest absolute Gasteiger partial charge is 0.269 e. The number of nitrogens with one attached hydrogen (secondary N) is 1. The van der Waals surface area contributed by atoms with Crippen LogP contribution in [0.15, 0.2) is 53.4 Å². The molecule has 0 bridgehead atoms. The van der Waals surface area contributed by atoms with E-state index in [1.165, 1.54) is 18.2 Å². The van der Waals surface area contributed by atoms with E-state index in [2.05, 4.69) is 9.62 Å². The van der Waals surface area contributed by atoms with Crippen LogP contribution in [0.4, 0.5) is 5.69 Å². The van der Waals surface area contributed by atoms with Crippen LogP contribution in [0.2, 0.25) is 5.02 Å². The molecule has 2 aromatic rings. The first-order valence-electron chi connectivity index (χ1n) is 9.02. The van der Waals surface area contributed by atoms with Gasteiger partial charge in [0.2, 0.25) is 10.0 Å². The first-order chi connectivity index (χ1) is 13.3. The number of rotatable bonds is 6. The number of hydrogen-bond acceptors (Lipinski definition) is 5. The third-order valence-electron chi connectivity index (χ3n) is 5.09. The van der Waals surface area contributed by atoms with Gasteiger partial charge >= 0.3 is 0 Å². The molecule has 0 spiro atoms. The maximum Gasteiger partial charge on any atom is 0.269 e. The Balaban J connectivity index is 1.60. The summed E-state index contributed by atoms with van der Waals surface area (Å²) < 4.78 is 27.8. The monoisotopic (exact) mass is 423 g/mol. The number of sulfonamides is 1. The number of likely N-dealkylation sites (tertiary alicyclic amines) is 1. The number of hydrogen-bond donors (Lipinski definition) is 1. The molecule has 3 rings (SSSR count). The Kier molecular flexibility index (Phi) is 6.34. The molecular formula is C19H22ClN3O4S. The number of nitro groups is 1. The fourth-order valence-electron chi connectivity index (χ4n) is 3.41. The highest BCUT2D eigenvalue weighted by Crippen LogP contribution is 2.27. The lowest BCUT2D eigenvalue weighted by molar-refractivity contribution is -0.385. The van der Waals surface area contributed by atoms with E-state index in [0.717, 1.165) is 5.56 Å². The van der Waals surface area contributed by atoms with E-state index in [-0.39, 0.29) is 22.7 Å². The van der Waals surface area contributed by atoms with E-state index in [1.54, 1.807) is 24.3 Å². The topological polar surface area (TPSA) is 92.6 Å². The van der Waals surface area contributed by atoms with Crippen molar-refractivity contribution in [1.29, 1.82) is 0 Å². The molecule has 1 saturated heterocycles. The molecule has 1 unspecified atom stereocenters. The van der Waals surface area contributed by atoms with Gasteiger partial charge in [-0.1, -0.05) is 23.7 Å². The lowest BCUT2D eigenvalue weighted by atomic mass is 10.0. The Hall–Kier alpha value is -2.00. The molecule has 9 heteroatoms. The molecule has 0 radical (unpaired) electrons. The summed E-state index contributed by atoms with van der Waals surface area (Å²) in [5.74, 6) is 0. The number of halogens is 1. The van der Waals surface area contributed by atoms with Crippen LogP contribution in [-0.2, 0) is 10.0 Å². The summed E-state index contributed by atoms with van der Waals surface area (Å²) in [5.41, 5.74) is 0.962. The average Bonchev–Trinajstić information content (AvgIpc) is 2.68. The summed E-state index contributed by atoms with van der Waals surface area (Å²) in [4.78, 5) is 13.0. The molecule has 1 aliphatic rings. The first-order valence-corrected chi connectivity index (χ1v) is 10.9. The summed E-state index contributed by atoms with van der Waals surface area (Å²) in [6.07, 6.45) is 1.35. The summed E-state index contributed by atoms with van der Waals surface area (Å²) in [7, 11) is -3.58. The van der Waals surface area contributed by atoms with Crippen LogP contribution in [-0.4, -0.2) is 37.4 Å². The minimum Gasteiger partial charge on any atom is -0.296 e. The number of benzene rings is 2. The van der Waals surface area contributed by atoms with Gasteiger partial charge in [-0.3, -0.25) is 15.0 Å². The third kappa shape index (κ3) is 4.88. The molecule has 7 nitrogen and oxygen atoms in total. The van der Waals surface area contributed by atoms with E-state index in [4.69, 9.17) is 11.6 Å². The van der Waals surface area contributed by atoms with Gasteiger partial charge in [0.25, 0.3) is 5.69 Å².